The van der Waals surface area contributed by atoms with Gasteiger partial charge in [0.1, 0.15) is 6.20 Å². The van der Waals surface area contributed by atoms with Crippen LogP contribution in [-0.4, -0.2) is 15.0 Å². The topological polar surface area (TPSA) is 50.7 Å². The number of hydrogen-bond donors (Lipinski definition) is 1. The van der Waals surface area contributed by atoms with E-state index >= 15 is 0 Å². The number of nitrogens with one attached hydrogen (secondary N) is 1. The minimum atomic E-state index is -0.139. The molecule has 72 valence electrons. The first-order valence-corrected chi connectivity index (χ1v) is 4.48. The van der Waals surface area contributed by atoms with Crippen molar-refractivity contribution in [1.82, 2.24) is 15.0 Å². The van der Waals surface area contributed by atoms with Crippen LogP contribution in [0.25, 0.3) is 0 Å². The van der Waals surface area contributed by atoms with Gasteiger partial charge in [0, 0.05) is 5.02 Å². The molecular weight excluding hydrogens is 202 g/mol. The van der Waals surface area contributed by atoms with Crippen LogP contribution < -0.4 is 5.56 Å². The molecule has 0 fully saturated rings. The molecule has 0 aliphatic rings. The Labute approximate surface area is 85.1 Å². The zero-order valence-electron chi connectivity index (χ0n) is 7.27. The number of H-pyrrole nitrogens is 1. The Hall–Kier alpha value is -1.55. The van der Waals surface area contributed by atoms with Crippen molar-refractivity contribution in [3.8, 4) is 0 Å². The average molecular weight is 210 g/mol. The highest BCUT2D eigenvalue weighted by molar-refractivity contribution is 6.30. The van der Waals surface area contributed by atoms with Gasteiger partial charge in [-0.1, -0.05) is 23.7 Å². The maximum Gasteiger partial charge on any atom is 0.286 e. The molecule has 1 heterocycles. The second kappa shape index (κ2) is 3.67. The second-order valence-corrected chi connectivity index (χ2v) is 3.35. The molecule has 14 heavy (non-hydrogen) atoms. The van der Waals surface area contributed by atoms with Crippen LogP contribution in [0.5, 0.6) is 0 Å². The van der Waals surface area contributed by atoms with E-state index in [4.69, 9.17) is 11.6 Å². The summed E-state index contributed by atoms with van der Waals surface area (Å²) in [5, 5.41) is 6.91. The molecule has 0 aliphatic heterocycles. The van der Waals surface area contributed by atoms with Crippen LogP contribution in [0, 0.1) is 0 Å². The van der Waals surface area contributed by atoms with Gasteiger partial charge < -0.3 is 0 Å². The van der Waals surface area contributed by atoms with Gasteiger partial charge >= 0.3 is 0 Å². The van der Waals surface area contributed by atoms with Crippen molar-refractivity contribution < 1.29 is 0 Å². The van der Waals surface area contributed by atoms with E-state index < -0.39 is 0 Å². The van der Waals surface area contributed by atoms with Crippen molar-refractivity contribution in [1.29, 1.82) is 0 Å². The Balaban J connectivity index is 2.23. The van der Waals surface area contributed by atoms with Crippen LogP contribution in [0.2, 0.25) is 5.02 Å². The van der Waals surface area contributed by atoms with Gasteiger partial charge in [-0.15, -0.1) is 0 Å². The third-order valence-electron chi connectivity index (χ3n) is 1.87. The van der Waals surface area contributed by atoms with E-state index in [-0.39, 0.29) is 5.56 Å². The molecule has 0 radical (unpaired) electrons. The second-order valence-electron chi connectivity index (χ2n) is 2.91. The van der Waals surface area contributed by atoms with E-state index in [0.717, 1.165) is 5.56 Å². The molecule has 0 atom stereocenters. The van der Waals surface area contributed by atoms with E-state index in [1.54, 1.807) is 12.1 Å². The summed E-state index contributed by atoms with van der Waals surface area (Å²) < 4.78 is 1.42. The minimum Gasteiger partial charge on any atom is -0.266 e. The fourth-order valence-electron chi connectivity index (χ4n) is 1.16. The van der Waals surface area contributed by atoms with Crippen LogP contribution in [0.3, 0.4) is 0 Å². The molecule has 0 bridgehead atoms. The van der Waals surface area contributed by atoms with E-state index in [0.29, 0.717) is 11.6 Å². The maximum atomic E-state index is 11.1. The van der Waals surface area contributed by atoms with Crippen molar-refractivity contribution in [2.45, 2.75) is 6.54 Å². The van der Waals surface area contributed by atoms with Crippen molar-refractivity contribution in [3.05, 3.63) is 51.4 Å². The zero-order chi connectivity index (χ0) is 9.97. The molecule has 2 aromatic rings. The van der Waals surface area contributed by atoms with Gasteiger partial charge in [0.25, 0.3) is 5.56 Å². The Kier molecular flexibility index (Phi) is 2.37. The lowest BCUT2D eigenvalue weighted by Crippen LogP contribution is -2.16. The summed E-state index contributed by atoms with van der Waals surface area (Å²) in [6, 6.07) is 7.32. The first-order chi connectivity index (χ1) is 6.75. The molecule has 0 aliphatic carbocycles. The summed E-state index contributed by atoms with van der Waals surface area (Å²) in [5.41, 5.74) is 0.862. The van der Waals surface area contributed by atoms with E-state index in [1.165, 1.54) is 10.9 Å². The first kappa shape index (κ1) is 9.02. The van der Waals surface area contributed by atoms with Crippen molar-refractivity contribution in [2.24, 2.45) is 0 Å². The van der Waals surface area contributed by atoms with Crippen LogP contribution in [-0.2, 0) is 6.54 Å². The Morgan fingerprint density at radius 3 is 2.64 bits per heavy atom. The number of aromatic amines is 1. The molecule has 0 spiro atoms. The van der Waals surface area contributed by atoms with Crippen molar-refractivity contribution in [2.75, 3.05) is 0 Å². The van der Waals surface area contributed by atoms with Crippen molar-refractivity contribution in [3.63, 3.8) is 0 Å². The number of aromatic nitrogens is 3. The molecule has 0 saturated carbocycles. The lowest BCUT2D eigenvalue weighted by molar-refractivity contribution is 0.632. The largest absolute Gasteiger partial charge is 0.286 e. The SMILES string of the molecule is O=c1cn[nH]n1Cc1ccc(Cl)cc1. The summed E-state index contributed by atoms with van der Waals surface area (Å²) in [6.07, 6.45) is 1.25. The molecule has 0 amide bonds. The predicted octanol–water partition coefficient (Wildman–Crippen LogP) is 1.27. The maximum absolute atomic E-state index is 11.1. The fourth-order valence-corrected chi connectivity index (χ4v) is 1.28. The van der Waals surface area contributed by atoms with Crippen LogP contribution in [0.1, 0.15) is 5.56 Å². The lowest BCUT2D eigenvalue weighted by Gasteiger charge is -2.00. The van der Waals surface area contributed by atoms with Gasteiger partial charge in [-0.2, -0.15) is 5.10 Å². The Morgan fingerprint density at radius 1 is 1.36 bits per heavy atom. The number of nitrogens with zero attached hydrogens (tertiary/aromatic N) is 2. The van der Waals surface area contributed by atoms with Crippen molar-refractivity contribution >= 4 is 11.6 Å². The number of halogens is 1. The number of rotatable bonds is 2. The number of hydrogen-bond acceptors (Lipinski definition) is 2. The van der Waals surface area contributed by atoms with Gasteiger partial charge in [0.05, 0.1) is 6.54 Å². The Morgan fingerprint density at radius 2 is 2.07 bits per heavy atom. The minimum absolute atomic E-state index is 0.139. The smallest absolute Gasteiger partial charge is 0.266 e. The molecule has 1 aromatic heterocycles. The molecule has 0 unspecified atom stereocenters. The molecule has 1 N–H and O–H groups in total. The zero-order valence-corrected chi connectivity index (χ0v) is 8.03. The quantitative estimate of drug-likeness (QED) is 0.810. The van der Waals surface area contributed by atoms with Crippen LogP contribution in [0.4, 0.5) is 0 Å². The lowest BCUT2D eigenvalue weighted by atomic mass is 10.2. The average Bonchev–Trinajstić information content (AvgIpc) is 2.56. The third kappa shape index (κ3) is 1.85. The summed E-state index contributed by atoms with van der Waals surface area (Å²) in [4.78, 5) is 11.1. The Bertz CT molecular complexity index is 471. The molecule has 2 rings (SSSR count). The summed E-state index contributed by atoms with van der Waals surface area (Å²) in [7, 11) is 0. The summed E-state index contributed by atoms with van der Waals surface area (Å²) >= 11 is 5.74. The van der Waals surface area contributed by atoms with Gasteiger partial charge in [-0.05, 0) is 17.7 Å². The highest BCUT2D eigenvalue weighted by Crippen LogP contribution is 2.09. The summed E-state index contributed by atoms with van der Waals surface area (Å²) in [6.45, 7) is 0.482. The number of benzene rings is 1. The van der Waals surface area contributed by atoms with E-state index in [9.17, 15) is 4.79 Å². The third-order valence-corrected chi connectivity index (χ3v) is 2.13. The molecule has 5 heteroatoms. The van der Waals surface area contributed by atoms with Gasteiger partial charge in [-0.25, -0.2) is 9.90 Å². The standard InChI is InChI=1S/C9H8ClN3O/c10-8-3-1-7(2-4-8)6-13-9(14)5-11-12-13/h1-5,12H,6H2. The highest BCUT2D eigenvalue weighted by Gasteiger charge is 1.98. The molecule has 0 saturated heterocycles. The van der Waals surface area contributed by atoms with E-state index in [2.05, 4.69) is 10.3 Å². The molecular formula is C9H8ClN3O. The van der Waals surface area contributed by atoms with Crippen LogP contribution >= 0.6 is 11.6 Å². The predicted molar refractivity (Wildman–Crippen MR) is 53.4 cm³/mol. The summed E-state index contributed by atoms with van der Waals surface area (Å²) in [5.74, 6) is 0. The monoisotopic (exact) mass is 209 g/mol. The van der Waals surface area contributed by atoms with Gasteiger partial charge in [0.2, 0.25) is 0 Å². The molecule has 4 nitrogen and oxygen atoms in total. The van der Waals surface area contributed by atoms with E-state index in [1.807, 2.05) is 12.1 Å². The van der Waals surface area contributed by atoms with Gasteiger partial charge in [-0.3, -0.25) is 4.79 Å². The first-order valence-electron chi connectivity index (χ1n) is 4.10. The van der Waals surface area contributed by atoms with Crippen LogP contribution in [0.15, 0.2) is 35.3 Å². The highest BCUT2D eigenvalue weighted by atomic mass is 35.5. The fraction of sp³-hybridized carbons (Fsp3) is 0.111. The normalized spacial score (nSPS) is 10.4. The molecule has 1 aromatic carbocycles. The van der Waals surface area contributed by atoms with Gasteiger partial charge in [0.15, 0.2) is 0 Å².